The molecule has 19 heavy (non-hydrogen) atoms. The summed E-state index contributed by atoms with van der Waals surface area (Å²) in [7, 11) is 0. The Balaban J connectivity index is 1.98. The van der Waals surface area contributed by atoms with Crippen LogP contribution in [0.4, 0.5) is 0 Å². The smallest absolute Gasteiger partial charge is 0.122 e. The summed E-state index contributed by atoms with van der Waals surface area (Å²) in [6.45, 7) is 13.2. The first-order chi connectivity index (χ1) is 8.96. The van der Waals surface area contributed by atoms with E-state index in [1.54, 1.807) is 0 Å². The highest BCUT2D eigenvalue weighted by molar-refractivity contribution is 5.11. The van der Waals surface area contributed by atoms with E-state index in [9.17, 15) is 0 Å². The second kappa shape index (κ2) is 6.10. The molecule has 1 atom stereocenters. The first kappa shape index (κ1) is 14.6. The van der Waals surface area contributed by atoms with Crippen molar-refractivity contribution < 1.29 is 4.42 Å². The standard InChI is InChI=1S/C16H28N2O/c1-13-7-8-15(19-13)14(18-9-5-6-10-18)11-17-12-16(2,3)4/h7-8,14,17H,5-6,9-12H2,1-4H3. The minimum atomic E-state index is 0.328. The average Bonchev–Trinajstić information content (AvgIpc) is 2.94. The van der Waals surface area contributed by atoms with Crippen molar-refractivity contribution in [2.24, 2.45) is 5.41 Å². The fraction of sp³-hybridized carbons (Fsp3) is 0.750. The molecule has 1 aromatic rings. The van der Waals surface area contributed by atoms with Crippen LogP contribution < -0.4 is 5.32 Å². The third-order valence-corrected chi connectivity index (χ3v) is 3.66. The molecular formula is C16H28N2O. The molecule has 0 aromatic carbocycles. The summed E-state index contributed by atoms with van der Waals surface area (Å²) in [6, 6.07) is 4.60. The van der Waals surface area contributed by atoms with E-state index >= 15 is 0 Å². The van der Waals surface area contributed by atoms with Crippen LogP contribution in [0.15, 0.2) is 16.5 Å². The van der Waals surface area contributed by atoms with E-state index in [1.165, 1.54) is 25.9 Å². The second-order valence-corrected chi connectivity index (χ2v) is 6.90. The van der Waals surface area contributed by atoms with Crippen molar-refractivity contribution >= 4 is 0 Å². The van der Waals surface area contributed by atoms with Crippen molar-refractivity contribution in [3.8, 4) is 0 Å². The van der Waals surface area contributed by atoms with Crippen molar-refractivity contribution in [3.63, 3.8) is 0 Å². The summed E-state index contributed by atoms with van der Waals surface area (Å²) >= 11 is 0. The summed E-state index contributed by atoms with van der Waals surface area (Å²) in [4.78, 5) is 2.55. The Morgan fingerprint density at radius 3 is 2.47 bits per heavy atom. The van der Waals surface area contributed by atoms with Gasteiger partial charge in [0.2, 0.25) is 0 Å². The van der Waals surface area contributed by atoms with Crippen molar-refractivity contribution in [2.45, 2.75) is 46.6 Å². The zero-order chi connectivity index (χ0) is 13.9. The maximum atomic E-state index is 5.86. The Hall–Kier alpha value is -0.800. The third-order valence-electron chi connectivity index (χ3n) is 3.66. The molecular weight excluding hydrogens is 236 g/mol. The predicted molar refractivity (Wildman–Crippen MR) is 79.3 cm³/mol. The lowest BCUT2D eigenvalue weighted by molar-refractivity contribution is 0.202. The molecule has 1 aromatic heterocycles. The summed E-state index contributed by atoms with van der Waals surface area (Å²) in [5, 5.41) is 3.61. The number of rotatable bonds is 5. The molecule has 108 valence electrons. The average molecular weight is 264 g/mol. The van der Waals surface area contributed by atoms with Crippen molar-refractivity contribution in [1.29, 1.82) is 0 Å². The molecule has 1 fully saturated rings. The van der Waals surface area contributed by atoms with E-state index in [0.717, 1.165) is 24.6 Å². The molecule has 0 radical (unpaired) electrons. The molecule has 0 spiro atoms. The number of nitrogens with zero attached hydrogens (tertiary/aromatic N) is 1. The van der Waals surface area contributed by atoms with Crippen LogP contribution in [0.2, 0.25) is 0 Å². The zero-order valence-electron chi connectivity index (χ0n) is 12.8. The number of hydrogen-bond donors (Lipinski definition) is 1. The third kappa shape index (κ3) is 4.36. The largest absolute Gasteiger partial charge is 0.465 e. The SMILES string of the molecule is Cc1ccc(C(CNCC(C)(C)C)N2CCCC2)o1. The van der Waals surface area contributed by atoms with E-state index < -0.39 is 0 Å². The van der Waals surface area contributed by atoms with Gasteiger partial charge >= 0.3 is 0 Å². The Morgan fingerprint density at radius 1 is 1.26 bits per heavy atom. The van der Waals surface area contributed by atoms with Gasteiger partial charge in [-0.25, -0.2) is 0 Å². The molecule has 2 heterocycles. The van der Waals surface area contributed by atoms with Gasteiger partial charge in [0, 0.05) is 13.1 Å². The molecule has 1 N–H and O–H groups in total. The highest BCUT2D eigenvalue weighted by atomic mass is 16.3. The van der Waals surface area contributed by atoms with Gasteiger partial charge in [-0.05, 0) is 50.4 Å². The van der Waals surface area contributed by atoms with Crippen LogP contribution in [0, 0.1) is 12.3 Å². The molecule has 0 aliphatic carbocycles. The molecule has 1 aliphatic heterocycles. The lowest BCUT2D eigenvalue weighted by Gasteiger charge is -2.28. The fourth-order valence-corrected chi connectivity index (χ4v) is 2.68. The van der Waals surface area contributed by atoms with Crippen LogP contribution in [0.3, 0.4) is 0 Å². The van der Waals surface area contributed by atoms with Crippen molar-refractivity contribution in [1.82, 2.24) is 10.2 Å². The van der Waals surface area contributed by atoms with Gasteiger partial charge in [-0.1, -0.05) is 20.8 Å². The molecule has 3 heteroatoms. The molecule has 3 nitrogen and oxygen atoms in total. The number of hydrogen-bond acceptors (Lipinski definition) is 3. The topological polar surface area (TPSA) is 28.4 Å². The lowest BCUT2D eigenvalue weighted by Crippen LogP contribution is -2.37. The van der Waals surface area contributed by atoms with Crippen LogP contribution in [0.1, 0.15) is 51.2 Å². The van der Waals surface area contributed by atoms with Crippen LogP contribution >= 0.6 is 0 Å². The quantitative estimate of drug-likeness (QED) is 0.884. The number of nitrogens with one attached hydrogen (secondary N) is 1. The van der Waals surface area contributed by atoms with E-state index in [1.807, 2.05) is 6.92 Å². The van der Waals surface area contributed by atoms with Gasteiger partial charge in [0.1, 0.15) is 11.5 Å². The van der Waals surface area contributed by atoms with Gasteiger partial charge < -0.3 is 9.73 Å². The Morgan fingerprint density at radius 2 is 1.95 bits per heavy atom. The number of likely N-dealkylation sites (tertiary alicyclic amines) is 1. The van der Waals surface area contributed by atoms with E-state index in [-0.39, 0.29) is 0 Å². The predicted octanol–water partition coefficient (Wildman–Crippen LogP) is 3.36. The van der Waals surface area contributed by atoms with Crippen LogP contribution in [0.25, 0.3) is 0 Å². The number of aryl methyl sites for hydroxylation is 1. The van der Waals surface area contributed by atoms with E-state index in [4.69, 9.17) is 4.42 Å². The monoisotopic (exact) mass is 264 g/mol. The molecule has 0 saturated carbocycles. The normalized spacial score (nSPS) is 18.9. The van der Waals surface area contributed by atoms with Crippen LogP contribution in [0.5, 0.6) is 0 Å². The van der Waals surface area contributed by atoms with Gasteiger partial charge in [0.15, 0.2) is 0 Å². The van der Waals surface area contributed by atoms with Gasteiger partial charge in [0.05, 0.1) is 6.04 Å². The van der Waals surface area contributed by atoms with Gasteiger partial charge in [-0.15, -0.1) is 0 Å². The first-order valence-electron chi connectivity index (χ1n) is 7.47. The van der Waals surface area contributed by atoms with E-state index in [0.29, 0.717) is 11.5 Å². The summed E-state index contributed by atoms with van der Waals surface area (Å²) in [5.41, 5.74) is 0.328. The Labute approximate surface area is 117 Å². The number of furan rings is 1. The zero-order valence-corrected chi connectivity index (χ0v) is 12.8. The minimum Gasteiger partial charge on any atom is -0.465 e. The summed E-state index contributed by atoms with van der Waals surface area (Å²) < 4.78 is 5.86. The first-order valence-corrected chi connectivity index (χ1v) is 7.47. The maximum absolute atomic E-state index is 5.86. The highest BCUT2D eigenvalue weighted by Crippen LogP contribution is 2.26. The van der Waals surface area contributed by atoms with E-state index in [2.05, 4.69) is 43.1 Å². The minimum absolute atomic E-state index is 0.328. The fourth-order valence-electron chi connectivity index (χ4n) is 2.68. The maximum Gasteiger partial charge on any atom is 0.122 e. The Kier molecular flexibility index (Phi) is 4.69. The van der Waals surface area contributed by atoms with Crippen molar-refractivity contribution in [2.75, 3.05) is 26.2 Å². The summed E-state index contributed by atoms with van der Waals surface area (Å²) in [6.07, 6.45) is 2.63. The van der Waals surface area contributed by atoms with Crippen LogP contribution in [-0.2, 0) is 0 Å². The molecule has 1 unspecified atom stereocenters. The van der Waals surface area contributed by atoms with Crippen molar-refractivity contribution in [3.05, 3.63) is 23.7 Å². The second-order valence-electron chi connectivity index (χ2n) is 6.90. The molecule has 0 bridgehead atoms. The molecule has 1 aliphatic rings. The molecule has 1 saturated heterocycles. The van der Waals surface area contributed by atoms with Gasteiger partial charge in [-0.3, -0.25) is 4.90 Å². The Bertz CT molecular complexity index is 386. The van der Waals surface area contributed by atoms with Gasteiger partial charge in [0.25, 0.3) is 0 Å². The molecule has 0 amide bonds. The van der Waals surface area contributed by atoms with Gasteiger partial charge in [-0.2, -0.15) is 0 Å². The lowest BCUT2D eigenvalue weighted by atomic mass is 9.97. The highest BCUT2D eigenvalue weighted by Gasteiger charge is 2.26. The van der Waals surface area contributed by atoms with Crippen LogP contribution in [-0.4, -0.2) is 31.1 Å². The summed E-state index contributed by atoms with van der Waals surface area (Å²) in [5.74, 6) is 2.12. The molecule has 2 rings (SSSR count).